The molecular formula is C27H33N3O5. The fourth-order valence-electron chi connectivity index (χ4n) is 4.72. The first kappa shape index (κ1) is 24.7. The predicted molar refractivity (Wildman–Crippen MR) is 133 cm³/mol. The van der Waals surface area contributed by atoms with Gasteiger partial charge in [-0.05, 0) is 75.6 Å². The Morgan fingerprint density at radius 2 is 1.66 bits per heavy atom. The number of nitrogens with zero attached hydrogens (tertiary/aromatic N) is 2. The van der Waals surface area contributed by atoms with Crippen LogP contribution in [0.2, 0.25) is 0 Å². The first-order valence-corrected chi connectivity index (χ1v) is 12.2. The summed E-state index contributed by atoms with van der Waals surface area (Å²) in [5.41, 5.74) is 1.52. The maximum absolute atomic E-state index is 12.7. The number of anilines is 1. The van der Waals surface area contributed by atoms with Gasteiger partial charge in [-0.1, -0.05) is 6.07 Å². The molecule has 2 aliphatic heterocycles. The molecule has 2 aliphatic rings. The third-order valence-electron chi connectivity index (χ3n) is 6.63. The number of nitrogens with one attached hydrogen (secondary N) is 1. The molecule has 2 fully saturated rings. The highest BCUT2D eigenvalue weighted by molar-refractivity contribution is 6.05. The Balaban J connectivity index is 1.32. The van der Waals surface area contributed by atoms with Crippen LogP contribution in [0.1, 0.15) is 53.8 Å². The molecule has 0 aliphatic carbocycles. The van der Waals surface area contributed by atoms with Gasteiger partial charge in [0.25, 0.3) is 17.7 Å². The van der Waals surface area contributed by atoms with Gasteiger partial charge >= 0.3 is 0 Å². The van der Waals surface area contributed by atoms with Crippen LogP contribution < -0.4 is 10.1 Å². The molecule has 0 aromatic heterocycles. The Morgan fingerprint density at radius 1 is 0.971 bits per heavy atom. The minimum atomic E-state index is -0.292. The number of hydrogen-bond acceptors (Lipinski definition) is 5. The molecule has 2 heterocycles. The molecule has 35 heavy (non-hydrogen) atoms. The standard InChI is InChI=1S/C27H33N3O5/c1-19-5-3-6-20(2)30(19)25(31)18-35-24-11-9-21(10-12-24)26(32)28-23-8-4-7-22(17-23)27(33)29-13-15-34-16-14-29/h4,7-12,17,19-20H,3,5-6,13-16,18H2,1-2H3,(H,28,32). The van der Waals surface area contributed by atoms with Crippen molar-refractivity contribution in [3.05, 3.63) is 59.7 Å². The first-order valence-electron chi connectivity index (χ1n) is 12.2. The number of carbonyl (C=O) groups excluding carboxylic acids is 3. The van der Waals surface area contributed by atoms with Crippen LogP contribution in [0.25, 0.3) is 0 Å². The number of piperidine rings is 1. The lowest BCUT2D eigenvalue weighted by Crippen LogP contribution is -2.49. The molecule has 2 unspecified atom stereocenters. The van der Waals surface area contributed by atoms with Crippen molar-refractivity contribution in [3.8, 4) is 5.75 Å². The number of likely N-dealkylation sites (tertiary alicyclic amines) is 1. The number of amides is 3. The second-order valence-corrected chi connectivity index (χ2v) is 9.18. The number of ether oxygens (including phenoxy) is 2. The summed E-state index contributed by atoms with van der Waals surface area (Å²) in [4.78, 5) is 41.8. The van der Waals surface area contributed by atoms with E-state index in [1.807, 2.05) is 4.90 Å². The largest absolute Gasteiger partial charge is 0.484 e. The fourth-order valence-corrected chi connectivity index (χ4v) is 4.72. The number of carbonyl (C=O) groups is 3. The summed E-state index contributed by atoms with van der Waals surface area (Å²) in [5.74, 6) is 0.150. The van der Waals surface area contributed by atoms with Gasteiger partial charge in [0.05, 0.1) is 13.2 Å². The maximum Gasteiger partial charge on any atom is 0.260 e. The van der Waals surface area contributed by atoms with Crippen LogP contribution in [-0.4, -0.2) is 72.5 Å². The van der Waals surface area contributed by atoms with Gasteiger partial charge in [-0.3, -0.25) is 14.4 Å². The van der Waals surface area contributed by atoms with E-state index in [1.54, 1.807) is 53.4 Å². The van der Waals surface area contributed by atoms with Gasteiger partial charge in [-0.2, -0.15) is 0 Å². The summed E-state index contributed by atoms with van der Waals surface area (Å²) in [7, 11) is 0. The predicted octanol–water partition coefficient (Wildman–Crippen LogP) is 3.58. The molecular weight excluding hydrogens is 446 g/mol. The van der Waals surface area contributed by atoms with Crippen LogP contribution in [-0.2, 0) is 9.53 Å². The minimum absolute atomic E-state index is 0.0157. The third kappa shape index (κ3) is 6.19. The highest BCUT2D eigenvalue weighted by Crippen LogP contribution is 2.23. The molecule has 2 aromatic carbocycles. The van der Waals surface area contributed by atoms with Gasteiger partial charge in [0.2, 0.25) is 0 Å². The third-order valence-corrected chi connectivity index (χ3v) is 6.63. The number of morpholine rings is 1. The first-order chi connectivity index (χ1) is 16.9. The van der Waals surface area contributed by atoms with E-state index in [2.05, 4.69) is 19.2 Å². The smallest absolute Gasteiger partial charge is 0.260 e. The molecule has 0 bridgehead atoms. The lowest BCUT2D eigenvalue weighted by Gasteiger charge is -2.38. The van der Waals surface area contributed by atoms with Crippen molar-refractivity contribution in [3.63, 3.8) is 0 Å². The molecule has 0 saturated carbocycles. The van der Waals surface area contributed by atoms with Gasteiger partial charge in [-0.15, -0.1) is 0 Å². The summed E-state index contributed by atoms with van der Waals surface area (Å²) >= 11 is 0. The monoisotopic (exact) mass is 479 g/mol. The summed E-state index contributed by atoms with van der Waals surface area (Å²) in [6.45, 7) is 6.32. The van der Waals surface area contributed by atoms with Crippen LogP contribution in [0.4, 0.5) is 5.69 Å². The molecule has 3 amide bonds. The summed E-state index contributed by atoms with van der Waals surface area (Å²) < 4.78 is 11.0. The number of benzene rings is 2. The average Bonchev–Trinajstić information content (AvgIpc) is 2.88. The second kappa shape index (κ2) is 11.4. The Hall–Kier alpha value is -3.39. The molecule has 8 heteroatoms. The zero-order valence-electron chi connectivity index (χ0n) is 20.4. The highest BCUT2D eigenvalue weighted by atomic mass is 16.5. The SMILES string of the molecule is CC1CCCC(C)N1C(=O)COc1ccc(C(=O)Nc2cccc(C(=O)N3CCOCC3)c2)cc1. The van der Waals surface area contributed by atoms with Crippen LogP contribution in [0, 0.1) is 0 Å². The lowest BCUT2D eigenvalue weighted by molar-refractivity contribution is -0.139. The second-order valence-electron chi connectivity index (χ2n) is 9.18. The van der Waals surface area contributed by atoms with E-state index in [9.17, 15) is 14.4 Å². The Kier molecular flexibility index (Phi) is 8.02. The molecule has 186 valence electrons. The van der Waals surface area contributed by atoms with E-state index >= 15 is 0 Å². The van der Waals surface area contributed by atoms with Crippen LogP contribution in [0.3, 0.4) is 0 Å². The highest BCUT2D eigenvalue weighted by Gasteiger charge is 2.29. The number of rotatable bonds is 6. The molecule has 2 atom stereocenters. The van der Waals surface area contributed by atoms with Crippen LogP contribution in [0.15, 0.2) is 48.5 Å². The number of hydrogen-bond donors (Lipinski definition) is 1. The van der Waals surface area contributed by atoms with Crippen molar-refractivity contribution in [2.75, 3.05) is 38.2 Å². The Labute approximate surface area is 206 Å². The quantitative estimate of drug-likeness (QED) is 0.684. The van der Waals surface area contributed by atoms with Crippen molar-refractivity contribution in [2.45, 2.75) is 45.2 Å². The van der Waals surface area contributed by atoms with Gasteiger partial charge < -0.3 is 24.6 Å². The molecule has 0 spiro atoms. The molecule has 2 saturated heterocycles. The van der Waals surface area contributed by atoms with Gasteiger partial charge in [0.1, 0.15) is 5.75 Å². The van der Waals surface area contributed by atoms with Crippen molar-refractivity contribution >= 4 is 23.4 Å². The summed E-state index contributed by atoms with van der Waals surface area (Å²) in [5, 5.41) is 2.84. The van der Waals surface area contributed by atoms with E-state index in [1.165, 1.54) is 0 Å². The van der Waals surface area contributed by atoms with Gasteiger partial charge in [0.15, 0.2) is 6.61 Å². The van der Waals surface area contributed by atoms with Crippen molar-refractivity contribution in [2.24, 2.45) is 0 Å². The summed E-state index contributed by atoms with van der Waals surface area (Å²) in [6.07, 6.45) is 3.18. The van der Waals surface area contributed by atoms with E-state index in [4.69, 9.17) is 9.47 Å². The minimum Gasteiger partial charge on any atom is -0.484 e. The molecule has 1 N–H and O–H groups in total. The normalized spacial score (nSPS) is 20.3. The van der Waals surface area contributed by atoms with Gasteiger partial charge in [0, 0.05) is 42.0 Å². The van der Waals surface area contributed by atoms with Crippen LogP contribution in [0.5, 0.6) is 5.75 Å². The van der Waals surface area contributed by atoms with Crippen molar-refractivity contribution < 1.29 is 23.9 Å². The van der Waals surface area contributed by atoms with Crippen LogP contribution >= 0.6 is 0 Å². The molecule has 4 rings (SSSR count). The van der Waals surface area contributed by atoms with E-state index in [-0.39, 0.29) is 36.4 Å². The molecule has 2 aromatic rings. The fraction of sp³-hybridized carbons (Fsp3) is 0.444. The average molecular weight is 480 g/mol. The zero-order valence-corrected chi connectivity index (χ0v) is 20.4. The zero-order chi connectivity index (χ0) is 24.8. The van der Waals surface area contributed by atoms with Crippen molar-refractivity contribution in [1.29, 1.82) is 0 Å². The molecule has 0 radical (unpaired) electrons. The Bertz CT molecular complexity index is 1040. The Morgan fingerprint density at radius 3 is 2.34 bits per heavy atom. The van der Waals surface area contributed by atoms with E-state index in [0.29, 0.717) is 48.9 Å². The van der Waals surface area contributed by atoms with E-state index < -0.39 is 0 Å². The maximum atomic E-state index is 12.7. The van der Waals surface area contributed by atoms with E-state index in [0.717, 1.165) is 19.3 Å². The molecule has 8 nitrogen and oxygen atoms in total. The van der Waals surface area contributed by atoms with Crippen molar-refractivity contribution in [1.82, 2.24) is 9.80 Å². The summed E-state index contributed by atoms with van der Waals surface area (Å²) in [6, 6.07) is 14.1. The van der Waals surface area contributed by atoms with Gasteiger partial charge in [-0.25, -0.2) is 0 Å². The topological polar surface area (TPSA) is 88.2 Å². The lowest BCUT2D eigenvalue weighted by atomic mass is 9.97.